The summed E-state index contributed by atoms with van der Waals surface area (Å²) in [4.78, 5) is 31.2. The standard InChI is InChI=1S/C28H28F2N6O2/c1-18-24(25(35-27(38)34-18)19-8-9-22(29)23(30)16-19)26(37)33-12-5-13-36-14-10-28(32-2,11-15-36)21-7-4-3-6-20(21)17-31/h3-4,6-9,16,25H,5,10-15H2,1H3,(H,33,37)(H2,34,35,38). The molecule has 2 aromatic rings. The minimum Gasteiger partial charge on any atom is -0.352 e. The Kier molecular flexibility index (Phi) is 8.04. The van der Waals surface area contributed by atoms with Crippen molar-refractivity contribution in [3.8, 4) is 6.07 Å². The summed E-state index contributed by atoms with van der Waals surface area (Å²) >= 11 is 0. The summed E-state index contributed by atoms with van der Waals surface area (Å²) in [6, 6.07) is 11.3. The summed E-state index contributed by atoms with van der Waals surface area (Å²) in [5.74, 6) is -2.49. The molecule has 38 heavy (non-hydrogen) atoms. The van der Waals surface area contributed by atoms with Gasteiger partial charge in [0.05, 0.1) is 28.8 Å². The van der Waals surface area contributed by atoms with Gasteiger partial charge in [0.1, 0.15) is 0 Å². The number of nitrogens with zero attached hydrogens (tertiary/aromatic N) is 3. The normalized spacial score (nSPS) is 19.1. The van der Waals surface area contributed by atoms with Crippen LogP contribution in [0, 0.1) is 29.5 Å². The van der Waals surface area contributed by atoms with E-state index in [4.69, 9.17) is 6.57 Å². The van der Waals surface area contributed by atoms with Crippen LogP contribution < -0.4 is 16.0 Å². The number of hydrogen-bond donors (Lipinski definition) is 3. The van der Waals surface area contributed by atoms with Gasteiger partial charge < -0.3 is 25.7 Å². The molecule has 2 aliphatic heterocycles. The minimum absolute atomic E-state index is 0.228. The molecule has 3 amide bonds. The summed E-state index contributed by atoms with van der Waals surface area (Å²) in [5, 5.41) is 17.5. The van der Waals surface area contributed by atoms with Gasteiger partial charge in [0.25, 0.3) is 11.4 Å². The summed E-state index contributed by atoms with van der Waals surface area (Å²) < 4.78 is 27.3. The summed E-state index contributed by atoms with van der Waals surface area (Å²) in [6.07, 6.45) is 1.90. The molecule has 4 rings (SSSR count). The molecule has 0 radical (unpaired) electrons. The number of nitriles is 1. The van der Waals surface area contributed by atoms with Gasteiger partial charge in [-0.25, -0.2) is 20.1 Å². The van der Waals surface area contributed by atoms with E-state index in [0.29, 0.717) is 56.7 Å². The van der Waals surface area contributed by atoms with Gasteiger partial charge in [-0.15, -0.1) is 0 Å². The van der Waals surface area contributed by atoms with Gasteiger partial charge >= 0.3 is 6.03 Å². The lowest BCUT2D eigenvalue weighted by Crippen LogP contribution is -2.47. The Morgan fingerprint density at radius 3 is 2.66 bits per heavy atom. The van der Waals surface area contributed by atoms with E-state index in [1.165, 1.54) is 6.07 Å². The third kappa shape index (κ3) is 5.51. The summed E-state index contributed by atoms with van der Waals surface area (Å²) in [6.45, 7) is 11.9. The monoisotopic (exact) mass is 518 g/mol. The van der Waals surface area contributed by atoms with Crippen LogP contribution in [0.3, 0.4) is 0 Å². The largest absolute Gasteiger partial charge is 0.352 e. The molecule has 0 saturated carbocycles. The molecule has 0 bridgehead atoms. The molecule has 8 nitrogen and oxygen atoms in total. The van der Waals surface area contributed by atoms with Crippen molar-refractivity contribution in [3.63, 3.8) is 0 Å². The number of allylic oxidation sites excluding steroid dienone is 1. The molecular formula is C28H28F2N6O2. The zero-order valence-electron chi connectivity index (χ0n) is 21.0. The van der Waals surface area contributed by atoms with Crippen LogP contribution in [0.15, 0.2) is 53.7 Å². The SMILES string of the molecule is [C-]#[N+]C1(c2ccccc2C#N)CCN(CCCNC(=O)C2=C(C)NC(=O)NC2c2ccc(F)c(F)c2)CC1. The molecule has 1 unspecified atom stereocenters. The number of nitrogens with one attached hydrogen (secondary N) is 3. The van der Waals surface area contributed by atoms with E-state index in [1.54, 1.807) is 19.1 Å². The van der Waals surface area contributed by atoms with Crippen LogP contribution in [0.2, 0.25) is 0 Å². The third-order valence-electron chi connectivity index (χ3n) is 7.17. The molecule has 0 spiro atoms. The van der Waals surface area contributed by atoms with Crippen molar-refractivity contribution < 1.29 is 18.4 Å². The highest BCUT2D eigenvalue weighted by atomic mass is 19.2. The summed E-state index contributed by atoms with van der Waals surface area (Å²) in [7, 11) is 0. The van der Waals surface area contributed by atoms with Crippen molar-refractivity contribution in [2.75, 3.05) is 26.2 Å². The van der Waals surface area contributed by atoms with Crippen LogP contribution in [0.4, 0.5) is 13.6 Å². The molecule has 196 valence electrons. The van der Waals surface area contributed by atoms with Crippen molar-refractivity contribution in [3.05, 3.63) is 93.5 Å². The number of urea groups is 1. The lowest BCUT2D eigenvalue weighted by molar-refractivity contribution is -0.118. The number of rotatable bonds is 7. The lowest BCUT2D eigenvalue weighted by Gasteiger charge is -2.34. The van der Waals surface area contributed by atoms with Gasteiger partial charge in [-0.2, -0.15) is 5.26 Å². The van der Waals surface area contributed by atoms with E-state index in [0.717, 1.165) is 17.7 Å². The maximum absolute atomic E-state index is 13.8. The van der Waals surface area contributed by atoms with E-state index in [-0.39, 0.29) is 11.1 Å². The van der Waals surface area contributed by atoms with Crippen LogP contribution in [0.25, 0.3) is 4.85 Å². The van der Waals surface area contributed by atoms with Crippen molar-refractivity contribution in [2.24, 2.45) is 0 Å². The van der Waals surface area contributed by atoms with E-state index in [2.05, 4.69) is 31.8 Å². The Bertz CT molecular complexity index is 1350. The lowest BCUT2D eigenvalue weighted by atomic mass is 9.79. The van der Waals surface area contributed by atoms with Gasteiger partial charge in [0.15, 0.2) is 11.6 Å². The van der Waals surface area contributed by atoms with Crippen molar-refractivity contribution in [2.45, 2.75) is 37.8 Å². The Labute approximate surface area is 220 Å². The molecule has 3 N–H and O–H groups in total. The van der Waals surface area contributed by atoms with E-state index in [1.807, 2.05) is 12.1 Å². The number of halogens is 2. The highest BCUT2D eigenvalue weighted by Crippen LogP contribution is 2.38. The maximum atomic E-state index is 13.8. The smallest absolute Gasteiger partial charge is 0.319 e. The number of hydrogen-bond acceptors (Lipinski definition) is 4. The molecule has 2 aliphatic rings. The molecule has 10 heteroatoms. The van der Waals surface area contributed by atoms with Gasteiger partial charge in [-0.05, 0) is 49.7 Å². The molecular weight excluding hydrogens is 490 g/mol. The number of amides is 3. The number of carbonyl (C=O) groups is 2. The summed E-state index contributed by atoms with van der Waals surface area (Å²) in [5.41, 5.74) is 1.46. The Morgan fingerprint density at radius 1 is 1.24 bits per heavy atom. The Hall–Kier alpha value is -4.28. The van der Waals surface area contributed by atoms with E-state index < -0.39 is 35.2 Å². The van der Waals surface area contributed by atoms with Crippen LogP contribution in [0.5, 0.6) is 0 Å². The quantitative estimate of drug-likeness (QED) is 0.383. The number of piperidine rings is 1. The molecule has 1 fully saturated rings. The van der Waals surface area contributed by atoms with E-state index >= 15 is 0 Å². The van der Waals surface area contributed by atoms with Crippen molar-refractivity contribution in [1.29, 1.82) is 5.26 Å². The fourth-order valence-corrected chi connectivity index (χ4v) is 5.11. The van der Waals surface area contributed by atoms with Gasteiger partial charge in [-0.1, -0.05) is 18.2 Å². The second kappa shape index (κ2) is 11.4. The molecule has 0 aromatic heterocycles. The average Bonchev–Trinajstić information content (AvgIpc) is 2.92. The number of carbonyl (C=O) groups excluding carboxylic acids is 2. The first kappa shape index (κ1) is 26.8. The third-order valence-corrected chi connectivity index (χ3v) is 7.17. The molecule has 1 saturated heterocycles. The zero-order chi connectivity index (χ0) is 27.3. The molecule has 1 atom stereocenters. The maximum Gasteiger partial charge on any atom is 0.319 e. The average molecular weight is 519 g/mol. The molecule has 0 aliphatic carbocycles. The highest BCUT2D eigenvalue weighted by molar-refractivity contribution is 5.98. The van der Waals surface area contributed by atoms with Gasteiger partial charge in [-0.3, -0.25) is 4.79 Å². The van der Waals surface area contributed by atoms with Crippen molar-refractivity contribution >= 4 is 11.9 Å². The first-order valence-corrected chi connectivity index (χ1v) is 12.4. The molecule has 2 aromatic carbocycles. The second-order valence-corrected chi connectivity index (χ2v) is 9.50. The fourth-order valence-electron chi connectivity index (χ4n) is 5.11. The highest BCUT2D eigenvalue weighted by Gasteiger charge is 2.43. The predicted molar refractivity (Wildman–Crippen MR) is 136 cm³/mol. The fraction of sp³-hybridized carbons (Fsp3) is 0.357. The van der Waals surface area contributed by atoms with Crippen LogP contribution >= 0.6 is 0 Å². The van der Waals surface area contributed by atoms with Crippen LogP contribution in [-0.2, 0) is 10.3 Å². The van der Waals surface area contributed by atoms with Crippen LogP contribution in [0.1, 0.15) is 48.9 Å². The minimum atomic E-state index is -1.06. The molecule has 2 heterocycles. The number of benzene rings is 2. The first-order valence-electron chi connectivity index (χ1n) is 12.4. The van der Waals surface area contributed by atoms with Crippen molar-refractivity contribution in [1.82, 2.24) is 20.9 Å². The van der Waals surface area contributed by atoms with Crippen LogP contribution in [-0.4, -0.2) is 43.0 Å². The van der Waals surface area contributed by atoms with Gasteiger partial charge in [0.2, 0.25) is 0 Å². The van der Waals surface area contributed by atoms with Gasteiger partial charge in [0, 0.05) is 38.2 Å². The Balaban J connectivity index is 1.33. The topological polar surface area (TPSA) is 102 Å². The Morgan fingerprint density at radius 2 is 1.97 bits per heavy atom. The predicted octanol–water partition coefficient (Wildman–Crippen LogP) is 3.88. The van der Waals surface area contributed by atoms with E-state index in [9.17, 15) is 23.6 Å². The zero-order valence-corrected chi connectivity index (χ0v) is 21.0. The second-order valence-electron chi connectivity index (χ2n) is 9.50. The number of likely N-dealkylation sites (tertiary alicyclic amines) is 1. The first-order chi connectivity index (χ1) is 18.3.